The molecule has 14 nitrogen and oxygen atoms in total. The molecule has 2 unspecified atom stereocenters. The Morgan fingerprint density at radius 2 is 1.85 bits per heavy atom. The third kappa shape index (κ3) is 12.8. The molecule has 1 heterocycles. The van der Waals surface area contributed by atoms with Gasteiger partial charge in [0.25, 0.3) is 0 Å². The number of nitrogens with one attached hydrogen (secondary N) is 2. The summed E-state index contributed by atoms with van der Waals surface area (Å²) in [5.41, 5.74) is 0. The van der Waals surface area contributed by atoms with Crippen LogP contribution in [0.1, 0.15) is 39.5 Å². The van der Waals surface area contributed by atoms with Crippen molar-refractivity contribution < 1.29 is 57.1 Å². The van der Waals surface area contributed by atoms with E-state index in [2.05, 4.69) is 15.2 Å². The molecule has 1 rings (SSSR count). The standard InChI is InChI=1S/C24H45N2O12P/c1-15(13-32-3)11-17(19(33-4)14-37-39(31)35-6)26-20(29)9-7-8-10-36-24-21(25-16(2)28)23(34-5)22(30)18(12-27)38-24/h15,17-19,21-24,27,30H,7-14H2,1-6H3,(H-,25,26,28,29)/p+1/t15-,17?,18-,19+,21-,22+,23-,24-/m1/s1. The number of aliphatic hydroxyl groups excluding tert-OH is 2. The maximum Gasteiger partial charge on any atom is 0.697 e. The van der Waals surface area contributed by atoms with E-state index < -0.39 is 57.7 Å². The molecular formula is C24H46N2O12P+. The van der Waals surface area contributed by atoms with E-state index >= 15 is 0 Å². The van der Waals surface area contributed by atoms with E-state index in [4.69, 9.17) is 28.2 Å². The minimum atomic E-state index is -2.28. The fourth-order valence-electron chi connectivity index (χ4n) is 4.37. The Morgan fingerprint density at radius 3 is 2.41 bits per heavy atom. The van der Waals surface area contributed by atoms with Gasteiger partial charge < -0.3 is 44.5 Å². The Balaban J connectivity index is 2.65. The van der Waals surface area contributed by atoms with E-state index in [1.807, 2.05) is 6.92 Å². The molecule has 2 amide bonds. The van der Waals surface area contributed by atoms with Gasteiger partial charge in [0.2, 0.25) is 11.8 Å². The summed E-state index contributed by atoms with van der Waals surface area (Å²) in [5.74, 6) is -0.434. The highest BCUT2D eigenvalue weighted by molar-refractivity contribution is 7.33. The predicted molar refractivity (Wildman–Crippen MR) is 139 cm³/mol. The first-order valence-electron chi connectivity index (χ1n) is 12.9. The molecule has 0 aromatic rings. The molecule has 15 heteroatoms. The van der Waals surface area contributed by atoms with Gasteiger partial charge in [0.15, 0.2) is 6.29 Å². The van der Waals surface area contributed by atoms with Crippen LogP contribution in [0.5, 0.6) is 0 Å². The fraction of sp³-hybridized carbons (Fsp3) is 0.917. The number of carbonyl (C=O) groups is 2. The molecule has 1 aliphatic heterocycles. The van der Waals surface area contributed by atoms with Crippen LogP contribution in [0, 0.1) is 5.92 Å². The molecule has 1 fully saturated rings. The molecule has 1 aliphatic rings. The van der Waals surface area contributed by atoms with Crippen LogP contribution >= 0.6 is 8.25 Å². The first kappa shape index (κ1) is 35.7. The van der Waals surface area contributed by atoms with Gasteiger partial charge in [0, 0.05) is 52.5 Å². The number of hydrogen-bond acceptors (Lipinski definition) is 12. The third-order valence-electron chi connectivity index (χ3n) is 6.27. The van der Waals surface area contributed by atoms with Gasteiger partial charge in [-0.2, -0.15) is 0 Å². The van der Waals surface area contributed by atoms with Crippen molar-refractivity contribution in [3.05, 3.63) is 0 Å². The molecule has 0 aliphatic carbocycles. The molecule has 39 heavy (non-hydrogen) atoms. The van der Waals surface area contributed by atoms with Gasteiger partial charge in [0.05, 0.1) is 19.8 Å². The summed E-state index contributed by atoms with van der Waals surface area (Å²) in [6.07, 6.45) is -2.69. The first-order valence-corrected chi connectivity index (χ1v) is 14.0. The van der Waals surface area contributed by atoms with Crippen molar-refractivity contribution in [2.24, 2.45) is 5.92 Å². The van der Waals surface area contributed by atoms with Crippen molar-refractivity contribution in [1.29, 1.82) is 0 Å². The Morgan fingerprint density at radius 1 is 1.13 bits per heavy atom. The second kappa shape index (κ2) is 19.7. The van der Waals surface area contributed by atoms with Crippen LogP contribution in [0.4, 0.5) is 0 Å². The molecule has 0 aromatic carbocycles. The zero-order valence-corrected chi connectivity index (χ0v) is 24.6. The molecule has 0 bridgehead atoms. The van der Waals surface area contributed by atoms with E-state index in [0.29, 0.717) is 25.9 Å². The molecule has 4 N–H and O–H groups in total. The lowest BCUT2D eigenvalue weighted by Gasteiger charge is -2.43. The van der Waals surface area contributed by atoms with Crippen LogP contribution in [0.3, 0.4) is 0 Å². The maximum absolute atomic E-state index is 12.7. The number of methoxy groups -OCH3 is 3. The summed E-state index contributed by atoms with van der Waals surface area (Å²) in [4.78, 5) is 24.4. The Kier molecular flexibility index (Phi) is 18.0. The molecule has 0 saturated carbocycles. The zero-order valence-electron chi connectivity index (χ0n) is 23.7. The topological polar surface area (TPSA) is 180 Å². The average molecular weight is 586 g/mol. The first-order chi connectivity index (χ1) is 18.6. The minimum absolute atomic E-state index is 0.0269. The number of hydrogen-bond donors (Lipinski definition) is 4. The normalized spacial score (nSPS) is 25.9. The largest absolute Gasteiger partial charge is 0.697 e. The van der Waals surface area contributed by atoms with Crippen LogP contribution in [0.25, 0.3) is 0 Å². The van der Waals surface area contributed by atoms with Crippen LogP contribution in [0.15, 0.2) is 0 Å². The van der Waals surface area contributed by atoms with Crippen molar-refractivity contribution in [2.45, 2.75) is 82.3 Å². The number of amides is 2. The highest BCUT2D eigenvalue weighted by Crippen LogP contribution is 2.25. The van der Waals surface area contributed by atoms with Crippen molar-refractivity contribution in [2.75, 3.05) is 54.9 Å². The van der Waals surface area contributed by atoms with Crippen LogP contribution in [-0.4, -0.2) is 120 Å². The van der Waals surface area contributed by atoms with Gasteiger partial charge in [-0.25, -0.2) is 0 Å². The Bertz CT molecular complexity index is 733. The molecule has 0 radical (unpaired) electrons. The van der Waals surface area contributed by atoms with Gasteiger partial charge in [0.1, 0.15) is 37.1 Å². The van der Waals surface area contributed by atoms with Gasteiger partial charge in [-0.15, -0.1) is 9.05 Å². The lowest BCUT2D eigenvalue weighted by molar-refractivity contribution is -0.273. The predicted octanol–water partition coefficient (Wildman–Crippen LogP) is 0.264. The van der Waals surface area contributed by atoms with E-state index in [1.165, 1.54) is 28.3 Å². The monoisotopic (exact) mass is 585 g/mol. The lowest BCUT2D eigenvalue weighted by Crippen LogP contribution is -2.65. The molecule has 0 aromatic heterocycles. The minimum Gasteiger partial charge on any atom is -0.394 e. The van der Waals surface area contributed by atoms with E-state index in [0.717, 1.165) is 0 Å². The summed E-state index contributed by atoms with van der Waals surface area (Å²) < 4.78 is 48.9. The lowest BCUT2D eigenvalue weighted by atomic mass is 9.96. The van der Waals surface area contributed by atoms with Crippen LogP contribution in [-0.2, 0) is 46.9 Å². The summed E-state index contributed by atoms with van der Waals surface area (Å²) in [6.45, 7) is 3.53. The summed E-state index contributed by atoms with van der Waals surface area (Å²) in [5, 5.41) is 25.6. The van der Waals surface area contributed by atoms with Crippen molar-refractivity contribution >= 4 is 20.1 Å². The van der Waals surface area contributed by atoms with E-state index in [-0.39, 0.29) is 37.4 Å². The number of rotatable bonds is 20. The summed E-state index contributed by atoms with van der Waals surface area (Å²) in [7, 11) is 3.47. The second-order valence-corrected chi connectivity index (χ2v) is 10.5. The SMILES string of the molecule is COC[C@H](C)CC(NC(=O)CCCCO[C@@H]1O[C@H](CO)[C@H](O)[C@H](OC)[C@H]1NC(C)=O)[C@H](CO[P+](=O)OC)OC. The third-order valence-corrected chi connectivity index (χ3v) is 6.93. The van der Waals surface area contributed by atoms with Crippen molar-refractivity contribution in [3.63, 3.8) is 0 Å². The second-order valence-electron chi connectivity index (χ2n) is 9.42. The molecule has 228 valence electrons. The van der Waals surface area contributed by atoms with Gasteiger partial charge in [-0.3, -0.25) is 9.59 Å². The van der Waals surface area contributed by atoms with Crippen molar-refractivity contribution in [3.8, 4) is 0 Å². The smallest absolute Gasteiger partial charge is 0.394 e. The van der Waals surface area contributed by atoms with Gasteiger partial charge in [-0.1, -0.05) is 6.92 Å². The summed E-state index contributed by atoms with van der Waals surface area (Å²) in [6, 6.07) is -1.20. The van der Waals surface area contributed by atoms with E-state index in [1.54, 1.807) is 7.11 Å². The Hall–Kier alpha value is -1.32. The molecule has 1 saturated heterocycles. The molecular weight excluding hydrogens is 539 g/mol. The number of carbonyl (C=O) groups excluding carboxylic acids is 2. The number of aliphatic hydroxyl groups is 2. The number of unbranched alkanes of at least 4 members (excludes halogenated alkanes) is 1. The zero-order chi connectivity index (χ0) is 29.4. The van der Waals surface area contributed by atoms with Crippen LogP contribution < -0.4 is 10.6 Å². The van der Waals surface area contributed by atoms with Gasteiger partial charge >= 0.3 is 8.25 Å². The highest BCUT2D eigenvalue weighted by Gasteiger charge is 2.46. The maximum atomic E-state index is 12.7. The number of ether oxygens (including phenoxy) is 5. The molecule has 9 atom stereocenters. The van der Waals surface area contributed by atoms with Crippen molar-refractivity contribution in [1.82, 2.24) is 10.6 Å². The van der Waals surface area contributed by atoms with Gasteiger partial charge in [-0.05, 0) is 25.2 Å². The summed E-state index contributed by atoms with van der Waals surface area (Å²) >= 11 is 0. The Labute approximate surface area is 231 Å². The quantitative estimate of drug-likeness (QED) is 0.113. The van der Waals surface area contributed by atoms with E-state index in [9.17, 15) is 24.4 Å². The molecule has 0 spiro atoms. The fourth-order valence-corrected chi connectivity index (χ4v) is 4.75. The average Bonchev–Trinajstić information content (AvgIpc) is 2.89. The van der Waals surface area contributed by atoms with Crippen LogP contribution in [0.2, 0.25) is 0 Å². The highest BCUT2D eigenvalue weighted by atomic mass is 31.1.